The molecule has 0 unspecified atom stereocenters. The molecule has 2 aliphatic heterocycles. The first kappa shape index (κ1) is 16.8. The average molecular weight is 366 g/mol. The molecule has 0 N–H and O–H groups in total. The Morgan fingerprint density at radius 1 is 1.27 bits per heavy atom. The number of amidine groups is 1. The molecule has 0 aliphatic carbocycles. The SMILES string of the molecule is CCOC(=O)C1=C(C)N=C2SCC(=O)N2[C@@H]1c1cccc2ccccc12. The maximum atomic E-state index is 12.7. The maximum absolute atomic E-state index is 12.7. The maximum Gasteiger partial charge on any atom is 0.338 e. The van der Waals surface area contributed by atoms with Gasteiger partial charge in [-0.25, -0.2) is 9.79 Å². The van der Waals surface area contributed by atoms with Crippen molar-refractivity contribution in [3.05, 3.63) is 59.3 Å². The van der Waals surface area contributed by atoms with E-state index in [9.17, 15) is 9.59 Å². The van der Waals surface area contributed by atoms with Gasteiger partial charge < -0.3 is 4.74 Å². The lowest BCUT2D eigenvalue weighted by Crippen LogP contribution is -2.39. The quantitative estimate of drug-likeness (QED) is 0.778. The number of fused-ring (bicyclic) bond motifs is 2. The van der Waals surface area contributed by atoms with E-state index in [1.807, 2.05) is 42.5 Å². The number of amides is 1. The number of benzene rings is 2. The van der Waals surface area contributed by atoms with Crippen LogP contribution in [0.4, 0.5) is 0 Å². The number of rotatable bonds is 3. The number of nitrogens with zero attached hydrogens (tertiary/aromatic N) is 2. The van der Waals surface area contributed by atoms with Crippen LogP contribution in [0, 0.1) is 0 Å². The minimum atomic E-state index is -0.518. The molecule has 132 valence electrons. The summed E-state index contributed by atoms with van der Waals surface area (Å²) in [5.41, 5.74) is 1.95. The molecule has 2 heterocycles. The minimum absolute atomic E-state index is 0.0408. The number of hydrogen-bond acceptors (Lipinski definition) is 5. The standard InChI is InChI=1S/C20H18N2O3S/c1-3-25-19(24)17-12(2)21-20-22(16(23)11-26-20)18(17)15-10-6-8-13-7-4-5-9-14(13)15/h4-10,18H,3,11H2,1-2H3/t18-/m1/s1. The van der Waals surface area contributed by atoms with E-state index in [2.05, 4.69) is 4.99 Å². The third kappa shape index (κ3) is 2.61. The monoisotopic (exact) mass is 366 g/mol. The molecule has 26 heavy (non-hydrogen) atoms. The van der Waals surface area contributed by atoms with E-state index in [-0.39, 0.29) is 12.5 Å². The zero-order valence-electron chi connectivity index (χ0n) is 14.6. The highest BCUT2D eigenvalue weighted by Crippen LogP contribution is 2.42. The van der Waals surface area contributed by atoms with Crippen LogP contribution in [0.25, 0.3) is 10.8 Å². The normalized spacial score (nSPS) is 19.6. The molecular weight excluding hydrogens is 348 g/mol. The number of ether oxygens (including phenoxy) is 1. The molecule has 2 aromatic carbocycles. The number of hydrogen-bond donors (Lipinski definition) is 0. The van der Waals surface area contributed by atoms with Crippen LogP contribution in [0.5, 0.6) is 0 Å². The predicted octanol–water partition coefficient (Wildman–Crippen LogP) is 3.66. The van der Waals surface area contributed by atoms with Crippen molar-refractivity contribution in [1.29, 1.82) is 0 Å². The Hall–Kier alpha value is -2.60. The molecular formula is C20H18N2O3S. The smallest absolute Gasteiger partial charge is 0.338 e. The van der Waals surface area contributed by atoms with Gasteiger partial charge in [-0.2, -0.15) is 0 Å². The Kier molecular flexibility index (Phi) is 4.28. The number of thioether (sulfide) groups is 1. The summed E-state index contributed by atoms with van der Waals surface area (Å²) < 4.78 is 5.29. The molecule has 2 aliphatic rings. The fourth-order valence-electron chi connectivity index (χ4n) is 3.49. The van der Waals surface area contributed by atoms with Crippen molar-refractivity contribution < 1.29 is 14.3 Å². The van der Waals surface area contributed by atoms with Gasteiger partial charge in [0.05, 0.1) is 29.7 Å². The van der Waals surface area contributed by atoms with Crippen molar-refractivity contribution in [2.24, 2.45) is 4.99 Å². The second-order valence-corrected chi connectivity index (χ2v) is 7.08. The molecule has 0 saturated carbocycles. The van der Waals surface area contributed by atoms with E-state index in [1.165, 1.54) is 11.8 Å². The molecule has 0 aromatic heterocycles. The Morgan fingerprint density at radius 2 is 2.04 bits per heavy atom. The summed E-state index contributed by atoms with van der Waals surface area (Å²) in [6.07, 6.45) is 0. The van der Waals surface area contributed by atoms with E-state index < -0.39 is 12.0 Å². The first-order valence-corrected chi connectivity index (χ1v) is 9.49. The Morgan fingerprint density at radius 3 is 2.85 bits per heavy atom. The molecule has 6 heteroatoms. The number of carbonyl (C=O) groups is 2. The van der Waals surface area contributed by atoms with Crippen LogP contribution in [0.2, 0.25) is 0 Å². The third-order valence-electron chi connectivity index (χ3n) is 4.60. The van der Waals surface area contributed by atoms with Crippen LogP contribution in [-0.2, 0) is 14.3 Å². The van der Waals surface area contributed by atoms with Gasteiger partial charge in [0.25, 0.3) is 0 Å². The van der Waals surface area contributed by atoms with Gasteiger partial charge in [0, 0.05) is 0 Å². The minimum Gasteiger partial charge on any atom is -0.463 e. The van der Waals surface area contributed by atoms with Crippen LogP contribution in [0.15, 0.2) is 58.7 Å². The van der Waals surface area contributed by atoms with E-state index in [1.54, 1.807) is 18.7 Å². The van der Waals surface area contributed by atoms with Crippen molar-refractivity contribution in [3.8, 4) is 0 Å². The van der Waals surface area contributed by atoms with E-state index >= 15 is 0 Å². The molecule has 1 amide bonds. The van der Waals surface area contributed by atoms with Gasteiger partial charge in [-0.15, -0.1) is 0 Å². The lowest BCUT2D eigenvalue weighted by molar-refractivity contribution is -0.139. The van der Waals surface area contributed by atoms with Gasteiger partial charge in [0.2, 0.25) is 5.91 Å². The Labute approximate surface area is 155 Å². The van der Waals surface area contributed by atoms with Crippen molar-refractivity contribution in [2.75, 3.05) is 12.4 Å². The Bertz CT molecular complexity index is 975. The van der Waals surface area contributed by atoms with Gasteiger partial charge in [0.15, 0.2) is 5.17 Å². The van der Waals surface area contributed by atoms with Crippen LogP contribution >= 0.6 is 11.8 Å². The molecule has 1 fully saturated rings. The van der Waals surface area contributed by atoms with Gasteiger partial charge in [-0.05, 0) is 30.2 Å². The van der Waals surface area contributed by atoms with Crippen LogP contribution < -0.4 is 0 Å². The average Bonchev–Trinajstić information content (AvgIpc) is 3.00. The number of esters is 1. The van der Waals surface area contributed by atoms with Crippen LogP contribution in [0.1, 0.15) is 25.5 Å². The van der Waals surface area contributed by atoms with Crippen molar-refractivity contribution in [3.63, 3.8) is 0 Å². The fraction of sp³-hybridized carbons (Fsp3) is 0.250. The topological polar surface area (TPSA) is 59.0 Å². The third-order valence-corrected chi connectivity index (χ3v) is 5.54. The molecule has 1 atom stereocenters. The number of aliphatic imine (C=N–C) groups is 1. The van der Waals surface area contributed by atoms with Crippen LogP contribution in [0.3, 0.4) is 0 Å². The Balaban J connectivity index is 1.96. The zero-order valence-corrected chi connectivity index (χ0v) is 15.4. The summed E-state index contributed by atoms with van der Waals surface area (Å²) in [7, 11) is 0. The summed E-state index contributed by atoms with van der Waals surface area (Å²) in [6.45, 7) is 3.85. The van der Waals surface area contributed by atoms with Gasteiger partial charge in [-0.1, -0.05) is 54.2 Å². The summed E-state index contributed by atoms with van der Waals surface area (Å²) in [4.78, 5) is 31.5. The number of allylic oxidation sites excluding steroid dienone is 1. The van der Waals surface area contributed by atoms with Gasteiger partial charge in [-0.3, -0.25) is 9.69 Å². The molecule has 4 rings (SSSR count). The zero-order chi connectivity index (χ0) is 18.3. The highest BCUT2D eigenvalue weighted by atomic mass is 32.2. The molecule has 2 aromatic rings. The van der Waals surface area contributed by atoms with Gasteiger partial charge in [0.1, 0.15) is 0 Å². The van der Waals surface area contributed by atoms with E-state index in [0.29, 0.717) is 22.2 Å². The molecule has 0 bridgehead atoms. The largest absolute Gasteiger partial charge is 0.463 e. The first-order valence-electron chi connectivity index (χ1n) is 8.51. The second-order valence-electron chi connectivity index (χ2n) is 6.14. The second kappa shape index (κ2) is 6.61. The van der Waals surface area contributed by atoms with Crippen molar-refractivity contribution in [2.45, 2.75) is 19.9 Å². The van der Waals surface area contributed by atoms with E-state index in [0.717, 1.165) is 16.3 Å². The lowest BCUT2D eigenvalue weighted by atomic mass is 9.90. The molecule has 5 nitrogen and oxygen atoms in total. The summed E-state index contributed by atoms with van der Waals surface area (Å²) in [5.74, 6) is -0.125. The summed E-state index contributed by atoms with van der Waals surface area (Å²) >= 11 is 1.41. The number of carbonyl (C=O) groups excluding carboxylic acids is 2. The van der Waals surface area contributed by atoms with Crippen LogP contribution in [-0.4, -0.2) is 34.3 Å². The fourth-order valence-corrected chi connectivity index (χ4v) is 4.43. The van der Waals surface area contributed by atoms with Crippen molar-refractivity contribution >= 4 is 39.6 Å². The highest BCUT2D eigenvalue weighted by Gasteiger charge is 2.43. The molecule has 0 spiro atoms. The summed E-state index contributed by atoms with van der Waals surface area (Å²) in [6, 6.07) is 13.4. The predicted molar refractivity (Wildman–Crippen MR) is 103 cm³/mol. The first-order chi connectivity index (χ1) is 12.6. The highest BCUT2D eigenvalue weighted by molar-refractivity contribution is 8.15. The molecule has 0 radical (unpaired) electrons. The van der Waals surface area contributed by atoms with Gasteiger partial charge >= 0.3 is 5.97 Å². The summed E-state index contributed by atoms with van der Waals surface area (Å²) in [5, 5.41) is 2.73. The molecule has 1 saturated heterocycles. The van der Waals surface area contributed by atoms with E-state index in [4.69, 9.17) is 4.74 Å². The van der Waals surface area contributed by atoms with Crippen molar-refractivity contribution in [1.82, 2.24) is 4.90 Å². The lowest BCUT2D eigenvalue weighted by Gasteiger charge is -2.33.